The van der Waals surface area contributed by atoms with Gasteiger partial charge in [-0.2, -0.15) is 0 Å². The van der Waals surface area contributed by atoms with Crippen LogP contribution in [0.4, 0.5) is 0 Å². The molecule has 0 aliphatic carbocycles. The summed E-state index contributed by atoms with van der Waals surface area (Å²) in [5.74, 6) is 0.830. The van der Waals surface area contributed by atoms with E-state index in [0.29, 0.717) is 13.2 Å². The Balaban J connectivity index is 1.39. The lowest BCUT2D eigenvalue weighted by atomic mass is 10.0. The molecule has 1 atom stereocenters. The SMILES string of the molecule is CC(C)(CNCc1cccc(OC[C@H](O)CN2CCCCCC2)c1)N1CCOCC1. The van der Waals surface area contributed by atoms with Crippen molar-refractivity contribution >= 4 is 0 Å². The van der Waals surface area contributed by atoms with E-state index in [0.717, 1.165) is 58.2 Å². The largest absolute Gasteiger partial charge is 0.491 e. The van der Waals surface area contributed by atoms with Gasteiger partial charge in [-0.1, -0.05) is 25.0 Å². The van der Waals surface area contributed by atoms with Crippen LogP contribution in [0, 0.1) is 0 Å². The summed E-state index contributed by atoms with van der Waals surface area (Å²) >= 11 is 0. The van der Waals surface area contributed by atoms with E-state index < -0.39 is 6.10 Å². The standard InChI is InChI=1S/C24H41N3O3/c1-24(2,27-12-14-29-15-13-27)20-25-17-21-8-7-9-23(16-21)30-19-22(28)18-26-10-5-3-4-6-11-26/h7-9,16,22,25,28H,3-6,10-15,17-20H2,1-2H3/t22-/m1/s1. The van der Waals surface area contributed by atoms with E-state index >= 15 is 0 Å². The molecule has 2 saturated heterocycles. The van der Waals surface area contributed by atoms with E-state index in [1.54, 1.807) is 0 Å². The first kappa shape index (κ1) is 23.5. The number of morpholine rings is 1. The highest BCUT2D eigenvalue weighted by atomic mass is 16.5. The summed E-state index contributed by atoms with van der Waals surface area (Å²) in [7, 11) is 0. The fraction of sp³-hybridized carbons (Fsp3) is 0.750. The van der Waals surface area contributed by atoms with Gasteiger partial charge in [0.05, 0.1) is 13.2 Å². The van der Waals surface area contributed by atoms with Crippen LogP contribution in [0.3, 0.4) is 0 Å². The van der Waals surface area contributed by atoms with Gasteiger partial charge in [0.2, 0.25) is 0 Å². The smallest absolute Gasteiger partial charge is 0.119 e. The maximum absolute atomic E-state index is 10.4. The Kier molecular flexibility index (Phi) is 9.40. The van der Waals surface area contributed by atoms with Gasteiger partial charge in [0, 0.05) is 38.3 Å². The minimum atomic E-state index is -0.445. The van der Waals surface area contributed by atoms with Crippen LogP contribution < -0.4 is 10.1 Å². The minimum Gasteiger partial charge on any atom is -0.491 e. The number of nitrogens with one attached hydrogen (secondary N) is 1. The second-order valence-electron chi connectivity index (χ2n) is 9.34. The molecule has 0 unspecified atom stereocenters. The lowest BCUT2D eigenvalue weighted by Crippen LogP contribution is -2.54. The summed E-state index contributed by atoms with van der Waals surface area (Å²) in [5.41, 5.74) is 1.31. The van der Waals surface area contributed by atoms with Crippen LogP contribution in [0.25, 0.3) is 0 Å². The molecule has 1 aromatic rings. The zero-order valence-electron chi connectivity index (χ0n) is 18.9. The van der Waals surface area contributed by atoms with Crippen molar-refractivity contribution in [1.82, 2.24) is 15.1 Å². The molecule has 0 spiro atoms. The molecule has 2 N–H and O–H groups in total. The minimum absolute atomic E-state index is 0.106. The number of β-amino-alcohol motifs (C(OH)–C–C–N with tert-alkyl or cyclic N) is 1. The first-order valence-electron chi connectivity index (χ1n) is 11.7. The molecule has 30 heavy (non-hydrogen) atoms. The predicted molar refractivity (Wildman–Crippen MR) is 121 cm³/mol. The highest BCUT2D eigenvalue weighted by Gasteiger charge is 2.27. The van der Waals surface area contributed by atoms with Crippen LogP contribution >= 0.6 is 0 Å². The van der Waals surface area contributed by atoms with Crippen LogP contribution in [0.15, 0.2) is 24.3 Å². The number of nitrogens with zero attached hydrogens (tertiary/aromatic N) is 2. The van der Waals surface area contributed by atoms with Crippen LogP contribution in [-0.2, 0) is 11.3 Å². The van der Waals surface area contributed by atoms with E-state index in [2.05, 4.69) is 41.1 Å². The van der Waals surface area contributed by atoms with Crippen molar-refractivity contribution in [3.63, 3.8) is 0 Å². The third-order valence-electron chi connectivity index (χ3n) is 6.26. The molecule has 0 bridgehead atoms. The van der Waals surface area contributed by atoms with E-state index in [4.69, 9.17) is 9.47 Å². The Morgan fingerprint density at radius 1 is 1.10 bits per heavy atom. The lowest BCUT2D eigenvalue weighted by molar-refractivity contribution is -0.00967. The molecule has 2 fully saturated rings. The van der Waals surface area contributed by atoms with Crippen molar-refractivity contribution in [2.75, 3.05) is 59.1 Å². The lowest BCUT2D eigenvalue weighted by Gasteiger charge is -2.41. The van der Waals surface area contributed by atoms with Crippen molar-refractivity contribution in [3.05, 3.63) is 29.8 Å². The summed E-state index contributed by atoms with van der Waals surface area (Å²) < 4.78 is 11.4. The van der Waals surface area contributed by atoms with Gasteiger partial charge >= 0.3 is 0 Å². The van der Waals surface area contributed by atoms with Crippen molar-refractivity contribution in [3.8, 4) is 5.75 Å². The Morgan fingerprint density at radius 3 is 2.57 bits per heavy atom. The Bertz CT molecular complexity index is 611. The van der Waals surface area contributed by atoms with Gasteiger partial charge in [-0.05, 0) is 57.5 Å². The third kappa shape index (κ3) is 7.82. The molecule has 1 aromatic carbocycles. The molecule has 6 nitrogen and oxygen atoms in total. The molecule has 2 aliphatic heterocycles. The van der Waals surface area contributed by atoms with Gasteiger partial charge in [0.25, 0.3) is 0 Å². The van der Waals surface area contributed by atoms with Gasteiger partial charge in [0.15, 0.2) is 0 Å². The molecule has 6 heteroatoms. The zero-order valence-corrected chi connectivity index (χ0v) is 18.9. The molecule has 170 valence electrons. The van der Waals surface area contributed by atoms with Gasteiger partial charge in [-0.3, -0.25) is 4.90 Å². The van der Waals surface area contributed by atoms with E-state index in [1.807, 2.05) is 12.1 Å². The number of hydrogen-bond acceptors (Lipinski definition) is 6. The fourth-order valence-corrected chi connectivity index (χ4v) is 4.40. The highest BCUT2D eigenvalue weighted by molar-refractivity contribution is 5.28. The van der Waals surface area contributed by atoms with Crippen LogP contribution in [0.2, 0.25) is 0 Å². The van der Waals surface area contributed by atoms with Gasteiger partial charge in [-0.25, -0.2) is 0 Å². The van der Waals surface area contributed by atoms with E-state index in [-0.39, 0.29) is 5.54 Å². The highest BCUT2D eigenvalue weighted by Crippen LogP contribution is 2.17. The number of ether oxygens (including phenoxy) is 2. The predicted octanol–water partition coefficient (Wildman–Crippen LogP) is 2.50. The Labute approximate surface area is 182 Å². The van der Waals surface area contributed by atoms with E-state index in [9.17, 15) is 5.11 Å². The number of aliphatic hydroxyl groups is 1. The molecular weight excluding hydrogens is 378 g/mol. The molecule has 0 amide bonds. The van der Waals surface area contributed by atoms with Gasteiger partial charge in [-0.15, -0.1) is 0 Å². The van der Waals surface area contributed by atoms with Crippen LogP contribution in [0.5, 0.6) is 5.75 Å². The Hall–Kier alpha value is -1.18. The molecule has 2 heterocycles. The monoisotopic (exact) mass is 419 g/mol. The molecule has 0 radical (unpaired) electrons. The average molecular weight is 420 g/mol. The Morgan fingerprint density at radius 2 is 1.83 bits per heavy atom. The number of hydrogen-bond donors (Lipinski definition) is 2. The molecular formula is C24H41N3O3. The van der Waals surface area contributed by atoms with Gasteiger partial charge in [0.1, 0.15) is 18.5 Å². The maximum atomic E-state index is 10.4. The normalized spacial score (nSPS) is 20.6. The molecule has 0 aromatic heterocycles. The van der Waals surface area contributed by atoms with Crippen molar-refractivity contribution in [2.24, 2.45) is 0 Å². The van der Waals surface area contributed by atoms with E-state index in [1.165, 1.54) is 31.2 Å². The first-order chi connectivity index (χ1) is 14.5. The first-order valence-corrected chi connectivity index (χ1v) is 11.7. The summed E-state index contributed by atoms with van der Waals surface area (Å²) in [6, 6.07) is 8.20. The number of benzene rings is 1. The van der Waals surface area contributed by atoms with Crippen LogP contribution in [-0.4, -0.2) is 85.6 Å². The van der Waals surface area contributed by atoms with Crippen molar-refractivity contribution < 1.29 is 14.6 Å². The van der Waals surface area contributed by atoms with Crippen LogP contribution in [0.1, 0.15) is 45.1 Å². The third-order valence-corrected chi connectivity index (χ3v) is 6.26. The molecule has 0 saturated carbocycles. The fourth-order valence-electron chi connectivity index (χ4n) is 4.40. The summed E-state index contributed by atoms with van der Waals surface area (Å²) in [5, 5.41) is 14.0. The molecule has 2 aliphatic rings. The maximum Gasteiger partial charge on any atom is 0.119 e. The zero-order chi connectivity index (χ0) is 21.2. The number of rotatable bonds is 10. The quantitative estimate of drug-likeness (QED) is 0.608. The van der Waals surface area contributed by atoms with Crippen molar-refractivity contribution in [1.29, 1.82) is 0 Å². The second-order valence-corrected chi connectivity index (χ2v) is 9.34. The topological polar surface area (TPSA) is 57.2 Å². The second kappa shape index (κ2) is 12.0. The van der Waals surface area contributed by atoms with Gasteiger partial charge < -0.3 is 24.8 Å². The summed E-state index contributed by atoms with van der Waals surface area (Å²) in [6.07, 6.45) is 4.66. The summed E-state index contributed by atoms with van der Waals surface area (Å²) in [6.45, 7) is 13.2. The van der Waals surface area contributed by atoms with Crippen molar-refractivity contribution in [2.45, 2.75) is 57.7 Å². The number of likely N-dealkylation sites (tertiary alicyclic amines) is 1. The summed E-state index contributed by atoms with van der Waals surface area (Å²) in [4.78, 5) is 4.87. The average Bonchev–Trinajstić information content (AvgIpc) is 3.02. The molecule has 3 rings (SSSR count). The number of aliphatic hydroxyl groups excluding tert-OH is 1.